The lowest BCUT2D eigenvalue weighted by Crippen LogP contribution is -2.49. The van der Waals surface area contributed by atoms with Gasteiger partial charge in [-0.05, 0) is 20.0 Å². The molecule has 5 heteroatoms. The Labute approximate surface area is 103 Å². The van der Waals surface area contributed by atoms with Crippen LogP contribution in [0.5, 0.6) is 0 Å². The minimum atomic E-state index is 0.606. The summed E-state index contributed by atoms with van der Waals surface area (Å²) < 4.78 is 0. The topological polar surface area (TPSA) is 57.4 Å². The zero-order chi connectivity index (χ0) is 12.3. The van der Waals surface area contributed by atoms with E-state index in [-0.39, 0.29) is 0 Å². The second kappa shape index (κ2) is 5.44. The molecule has 1 aliphatic rings. The molecule has 1 unspecified atom stereocenters. The van der Waals surface area contributed by atoms with Gasteiger partial charge < -0.3 is 10.3 Å². The zero-order valence-corrected chi connectivity index (χ0v) is 10.6. The van der Waals surface area contributed by atoms with Crippen LogP contribution in [-0.4, -0.2) is 47.5 Å². The van der Waals surface area contributed by atoms with E-state index >= 15 is 0 Å². The summed E-state index contributed by atoms with van der Waals surface area (Å²) in [6, 6.07) is 4.63. The summed E-state index contributed by atoms with van der Waals surface area (Å²) in [5.41, 5.74) is 3.82. The number of aromatic nitrogens is 1. The van der Waals surface area contributed by atoms with Crippen molar-refractivity contribution in [3.8, 4) is 0 Å². The molecule has 0 amide bonds. The van der Waals surface area contributed by atoms with Crippen LogP contribution in [0.25, 0.3) is 0 Å². The summed E-state index contributed by atoms with van der Waals surface area (Å²) in [7, 11) is 2.18. The standard InChI is InChI=1S/C12H21N5/c1-10-8-17(7-6-16(10)2)9-11-4-3-5-14-12(11)15-13/h3-5,10H,6-9,13H2,1-2H3,(H,14,15). The Hall–Kier alpha value is -1.17. The number of piperazine rings is 1. The molecule has 1 aromatic heterocycles. The van der Waals surface area contributed by atoms with E-state index in [1.54, 1.807) is 6.20 Å². The average molecular weight is 235 g/mol. The maximum absolute atomic E-state index is 5.47. The molecule has 94 valence electrons. The van der Waals surface area contributed by atoms with Crippen molar-refractivity contribution in [2.45, 2.75) is 19.5 Å². The van der Waals surface area contributed by atoms with Gasteiger partial charge in [0.05, 0.1) is 0 Å². The Morgan fingerprint density at radius 2 is 2.35 bits per heavy atom. The Kier molecular flexibility index (Phi) is 3.93. The van der Waals surface area contributed by atoms with Gasteiger partial charge in [-0.3, -0.25) is 4.90 Å². The quantitative estimate of drug-likeness (QED) is 0.590. The van der Waals surface area contributed by atoms with Gasteiger partial charge in [0.15, 0.2) is 0 Å². The first kappa shape index (κ1) is 12.3. The molecule has 0 radical (unpaired) electrons. The summed E-state index contributed by atoms with van der Waals surface area (Å²) in [5, 5.41) is 0. The summed E-state index contributed by atoms with van der Waals surface area (Å²) in [6.07, 6.45) is 1.76. The molecule has 2 heterocycles. The van der Waals surface area contributed by atoms with E-state index in [9.17, 15) is 0 Å². The van der Waals surface area contributed by atoms with Crippen molar-refractivity contribution < 1.29 is 0 Å². The first-order chi connectivity index (χ1) is 8.20. The van der Waals surface area contributed by atoms with E-state index in [0.29, 0.717) is 6.04 Å². The second-order valence-electron chi connectivity index (χ2n) is 4.72. The minimum Gasteiger partial charge on any atom is -0.308 e. The summed E-state index contributed by atoms with van der Waals surface area (Å²) >= 11 is 0. The molecular weight excluding hydrogens is 214 g/mol. The Bertz CT molecular complexity index is 368. The summed E-state index contributed by atoms with van der Waals surface area (Å²) in [5.74, 6) is 6.24. The van der Waals surface area contributed by atoms with Crippen LogP contribution in [-0.2, 0) is 6.54 Å². The van der Waals surface area contributed by atoms with Crippen LogP contribution in [0.4, 0.5) is 5.82 Å². The number of rotatable bonds is 3. The summed E-state index contributed by atoms with van der Waals surface area (Å²) in [6.45, 7) is 6.48. The molecule has 1 atom stereocenters. The van der Waals surface area contributed by atoms with Crippen LogP contribution in [0.3, 0.4) is 0 Å². The summed E-state index contributed by atoms with van der Waals surface area (Å²) in [4.78, 5) is 9.06. The monoisotopic (exact) mass is 235 g/mol. The Balaban J connectivity index is 2.01. The first-order valence-corrected chi connectivity index (χ1v) is 6.04. The van der Waals surface area contributed by atoms with E-state index in [4.69, 9.17) is 5.84 Å². The number of anilines is 1. The van der Waals surface area contributed by atoms with Gasteiger partial charge in [-0.25, -0.2) is 10.8 Å². The molecule has 1 saturated heterocycles. The molecule has 3 N–H and O–H groups in total. The number of pyridine rings is 1. The number of nitrogens with two attached hydrogens (primary N) is 1. The van der Waals surface area contributed by atoms with Gasteiger partial charge in [0, 0.05) is 44.0 Å². The smallest absolute Gasteiger partial charge is 0.144 e. The van der Waals surface area contributed by atoms with Crippen molar-refractivity contribution >= 4 is 5.82 Å². The minimum absolute atomic E-state index is 0.606. The molecule has 0 bridgehead atoms. The van der Waals surface area contributed by atoms with Crippen molar-refractivity contribution in [3.63, 3.8) is 0 Å². The van der Waals surface area contributed by atoms with Crippen LogP contribution in [0.1, 0.15) is 12.5 Å². The van der Waals surface area contributed by atoms with Crippen LogP contribution in [0.15, 0.2) is 18.3 Å². The predicted molar refractivity (Wildman–Crippen MR) is 69.4 cm³/mol. The number of hydrogen-bond donors (Lipinski definition) is 2. The molecule has 5 nitrogen and oxygen atoms in total. The molecule has 2 rings (SSSR count). The van der Waals surface area contributed by atoms with Crippen LogP contribution >= 0.6 is 0 Å². The third-order valence-corrected chi connectivity index (χ3v) is 3.47. The fourth-order valence-corrected chi connectivity index (χ4v) is 2.20. The number of nitrogens with one attached hydrogen (secondary N) is 1. The van der Waals surface area contributed by atoms with E-state index in [2.05, 4.69) is 40.2 Å². The Morgan fingerprint density at radius 3 is 3.06 bits per heavy atom. The van der Waals surface area contributed by atoms with Gasteiger partial charge >= 0.3 is 0 Å². The predicted octanol–water partition coefficient (Wildman–Crippen LogP) is 0.503. The van der Waals surface area contributed by atoms with E-state index < -0.39 is 0 Å². The highest BCUT2D eigenvalue weighted by Gasteiger charge is 2.21. The zero-order valence-electron chi connectivity index (χ0n) is 10.6. The van der Waals surface area contributed by atoms with Crippen LogP contribution in [0, 0.1) is 0 Å². The van der Waals surface area contributed by atoms with E-state index in [1.165, 1.54) is 0 Å². The highest BCUT2D eigenvalue weighted by atomic mass is 15.3. The van der Waals surface area contributed by atoms with Crippen LogP contribution in [0.2, 0.25) is 0 Å². The lowest BCUT2D eigenvalue weighted by Gasteiger charge is -2.37. The molecule has 17 heavy (non-hydrogen) atoms. The lowest BCUT2D eigenvalue weighted by atomic mass is 10.1. The van der Waals surface area contributed by atoms with Gasteiger partial charge in [-0.15, -0.1) is 0 Å². The van der Waals surface area contributed by atoms with Crippen LogP contribution < -0.4 is 11.3 Å². The Morgan fingerprint density at radius 1 is 1.53 bits per heavy atom. The molecule has 0 saturated carbocycles. The number of nitrogen functional groups attached to an aromatic ring is 1. The van der Waals surface area contributed by atoms with Crippen molar-refractivity contribution in [1.82, 2.24) is 14.8 Å². The van der Waals surface area contributed by atoms with Crippen molar-refractivity contribution in [2.24, 2.45) is 5.84 Å². The van der Waals surface area contributed by atoms with E-state index in [1.807, 2.05) is 6.07 Å². The number of nitrogens with zero attached hydrogens (tertiary/aromatic N) is 3. The first-order valence-electron chi connectivity index (χ1n) is 6.04. The second-order valence-corrected chi connectivity index (χ2v) is 4.72. The largest absolute Gasteiger partial charge is 0.308 e. The SMILES string of the molecule is CC1CN(Cc2cccnc2NN)CCN1C. The van der Waals surface area contributed by atoms with Gasteiger partial charge in [0.25, 0.3) is 0 Å². The highest BCUT2D eigenvalue weighted by Crippen LogP contribution is 2.15. The number of likely N-dealkylation sites (N-methyl/N-ethyl adjacent to an activating group) is 1. The van der Waals surface area contributed by atoms with Crippen molar-refractivity contribution in [1.29, 1.82) is 0 Å². The molecule has 0 aromatic carbocycles. The number of hydrogen-bond acceptors (Lipinski definition) is 5. The normalized spacial score (nSPS) is 22.6. The fourth-order valence-electron chi connectivity index (χ4n) is 2.20. The molecule has 1 fully saturated rings. The molecular formula is C12H21N5. The maximum atomic E-state index is 5.47. The van der Waals surface area contributed by atoms with Gasteiger partial charge in [-0.1, -0.05) is 6.07 Å². The molecule has 1 aromatic rings. The van der Waals surface area contributed by atoms with E-state index in [0.717, 1.165) is 37.6 Å². The maximum Gasteiger partial charge on any atom is 0.144 e. The number of hydrazine groups is 1. The molecule has 0 aliphatic carbocycles. The van der Waals surface area contributed by atoms with Gasteiger partial charge in [-0.2, -0.15) is 0 Å². The van der Waals surface area contributed by atoms with Gasteiger partial charge in [0.2, 0.25) is 0 Å². The third kappa shape index (κ3) is 2.94. The van der Waals surface area contributed by atoms with Gasteiger partial charge in [0.1, 0.15) is 5.82 Å². The molecule has 0 spiro atoms. The third-order valence-electron chi connectivity index (χ3n) is 3.47. The van der Waals surface area contributed by atoms with Crippen molar-refractivity contribution in [3.05, 3.63) is 23.9 Å². The lowest BCUT2D eigenvalue weighted by molar-refractivity contribution is 0.100. The highest BCUT2D eigenvalue weighted by molar-refractivity contribution is 5.42. The van der Waals surface area contributed by atoms with Crippen molar-refractivity contribution in [2.75, 3.05) is 32.1 Å². The molecule has 1 aliphatic heterocycles. The fraction of sp³-hybridized carbons (Fsp3) is 0.583. The average Bonchev–Trinajstić information content (AvgIpc) is 2.34.